The Hall–Kier alpha value is -1.62. The van der Waals surface area contributed by atoms with Gasteiger partial charge in [0.05, 0.1) is 43.7 Å². The second-order valence-electron chi connectivity index (χ2n) is 5.34. The largest absolute Gasteiger partial charge is 0.389 e. The molecule has 0 fully saturated rings. The molecule has 0 atom stereocenters. The van der Waals surface area contributed by atoms with Crippen molar-refractivity contribution in [3.05, 3.63) is 17.5 Å². The molecule has 1 aliphatic heterocycles. The van der Waals surface area contributed by atoms with E-state index in [9.17, 15) is 26.4 Å². The lowest BCUT2D eigenvalue weighted by Crippen LogP contribution is -2.37. The number of halogens is 3. The molecule has 23 heavy (non-hydrogen) atoms. The minimum atomic E-state index is -4.36. The van der Waals surface area contributed by atoms with Gasteiger partial charge in [0.2, 0.25) is 15.9 Å². The number of carbonyl (C=O) groups is 1. The van der Waals surface area contributed by atoms with Crippen molar-refractivity contribution in [2.24, 2.45) is 0 Å². The number of nitrogens with zero attached hydrogens (tertiary/aromatic N) is 3. The Morgan fingerprint density at radius 2 is 2.09 bits per heavy atom. The van der Waals surface area contributed by atoms with E-state index in [1.54, 1.807) is 10.7 Å². The molecule has 1 aromatic heterocycles. The van der Waals surface area contributed by atoms with Crippen LogP contribution in [0.25, 0.3) is 0 Å². The van der Waals surface area contributed by atoms with Crippen LogP contribution >= 0.6 is 0 Å². The quantitative estimate of drug-likeness (QED) is 0.840. The monoisotopic (exact) mass is 354 g/mol. The number of sulfonamides is 1. The van der Waals surface area contributed by atoms with Gasteiger partial charge in [-0.05, 0) is 6.07 Å². The predicted octanol–water partition coefficient (Wildman–Crippen LogP) is 0.617. The van der Waals surface area contributed by atoms with Crippen molar-refractivity contribution in [3.63, 3.8) is 0 Å². The van der Waals surface area contributed by atoms with Crippen molar-refractivity contribution < 1.29 is 26.4 Å². The molecule has 1 aliphatic rings. The average molecular weight is 354 g/mol. The van der Waals surface area contributed by atoms with E-state index in [1.165, 1.54) is 4.31 Å². The van der Waals surface area contributed by atoms with Crippen LogP contribution in [0.15, 0.2) is 6.07 Å². The second kappa shape index (κ2) is 6.48. The van der Waals surface area contributed by atoms with Gasteiger partial charge in [0.1, 0.15) is 0 Å². The van der Waals surface area contributed by atoms with Crippen molar-refractivity contribution >= 4 is 15.9 Å². The Bertz CT molecular complexity index is 684. The highest BCUT2D eigenvalue weighted by Crippen LogP contribution is 2.21. The van der Waals surface area contributed by atoms with Crippen LogP contribution in [0.3, 0.4) is 0 Å². The van der Waals surface area contributed by atoms with Crippen molar-refractivity contribution in [1.29, 1.82) is 0 Å². The standard InChI is InChI=1S/C12H17F3N4O3S/c1-23(21,22)18-4-5-19-10(8-18)6-9(17-19)7-16-11(20)2-3-12(13,14)15/h6H,2-5,7-8H2,1H3,(H,16,20). The van der Waals surface area contributed by atoms with E-state index < -0.39 is 34.9 Å². The molecule has 0 bridgehead atoms. The SMILES string of the molecule is CS(=O)(=O)N1CCn2nc(CNC(=O)CCC(F)(F)F)cc2C1. The number of aromatic nitrogens is 2. The summed E-state index contributed by atoms with van der Waals surface area (Å²) in [5.74, 6) is -0.703. The molecule has 1 N–H and O–H groups in total. The Balaban J connectivity index is 1.89. The lowest BCUT2D eigenvalue weighted by molar-refractivity contribution is -0.144. The third-order valence-electron chi connectivity index (χ3n) is 3.38. The van der Waals surface area contributed by atoms with Crippen molar-refractivity contribution in [1.82, 2.24) is 19.4 Å². The van der Waals surface area contributed by atoms with Crippen LogP contribution in [0.4, 0.5) is 13.2 Å². The molecule has 11 heteroatoms. The van der Waals surface area contributed by atoms with E-state index in [-0.39, 0.29) is 13.1 Å². The summed E-state index contributed by atoms with van der Waals surface area (Å²) in [7, 11) is -3.29. The molecule has 0 aliphatic carbocycles. The number of hydrogen-bond donors (Lipinski definition) is 1. The Kier molecular flexibility index (Phi) is 4.99. The van der Waals surface area contributed by atoms with Crippen molar-refractivity contribution in [2.45, 2.75) is 38.7 Å². The number of alkyl halides is 3. The summed E-state index contributed by atoms with van der Waals surface area (Å²) >= 11 is 0. The van der Waals surface area contributed by atoms with E-state index in [0.29, 0.717) is 24.5 Å². The number of hydrogen-bond acceptors (Lipinski definition) is 4. The summed E-state index contributed by atoms with van der Waals surface area (Å²) in [4.78, 5) is 11.4. The van der Waals surface area contributed by atoms with E-state index >= 15 is 0 Å². The summed E-state index contributed by atoms with van der Waals surface area (Å²) < 4.78 is 62.0. The zero-order valence-electron chi connectivity index (χ0n) is 12.4. The Morgan fingerprint density at radius 1 is 1.39 bits per heavy atom. The third-order valence-corrected chi connectivity index (χ3v) is 4.63. The van der Waals surface area contributed by atoms with Crippen molar-refractivity contribution in [3.8, 4) is 0 Å². The smallest absolute Gasteiger partial charge is 0.350 e. The molecule has 2 rings (SSSR count). The summed E-state index contributed by atoms with van der Waals surface area (Å²) in [5.41, 5.74) is 1.16. The zero-order valence-corrected chi connectivity index (χ0v) is 13.2. The molecule has 0 saturated heterocycles. The van der Waals surface area contributed by atoms with Gasteiger partial charge in [-0.15, -0.1) is 0 Å². The lowest BCUT2D eigenvalue weighted by Gasteiger charge is -2.25. The normalized spacial score (nSPS) is 16.2. The fourth-order valence-electron chi connectivity index (χ4n) is 2.20. The van der Waals surface area contributed by atoms with Crippen LogP contribution in [0.2, 0.25) is 0 Å². The van der Waals surface area contributed by atoms with Crippen LogP contribution in [0.1, 0.15) is 24.2 Å². The molecule has 7 nitrogen and oxygen atoms in total. The van der Waals surface area contributed by atoms with Gasteiger partial charge < -0.3 is 5.32 Å². The van der Waals surface area contributed by atoms with E-state index in [1.807, 2.05) is 0 Å². The predicted molar refractivity (Wildman–Crippen MR) is 74.6 cm³/mol. The number of nitrogens with one attached hydrogen (secondary N) is 1. The zero-order chi connectivity index (χ0) is 17.3. The highest BCUT2D eigenvalue weighted by molar-refractivity contribution is 7.88. The molecular weight excluding hydrogens is 337 g/mol. The maximum Gasteiger partial charge on any atom is 0.389 e. The minimum absolute atomic E-state index is 0.00949. The summed E-state index contributed by atoms with van der Waals surface area (Å²) in [6.07, 6.45) is -5.03. The van der Waals surface area contributed by atoms with Gasteiger partial charge in [0.15, 0.2) is 0 Å². The first kappa shape index (κ1) is 17.7. The molecule has 0 saturated carbocycles. The summed E-state index contributed by atoms with van der Waals surface area (Å²) in [6.45, 7) is 0.902. The van der Waals surface area contributed by atoms with Gasteiger partial charge >= 0.3 is 6.18 Å². The lowest BCUT2D eigenvalue weighted by atomic mass is 10.3. The van der Waals surface area contributed by atoms with E-state index in [2.05, 4.69) is 10.4 Å². The average Bonchev–Trinajstić information content (AvgIpc) is 2.83. The van der Waals surface area contributed by atoms with E-state index in [0.717, 1.165) is 6.26 Å². The number of fused-ring (bicyclic) bond motifs is 1. The van der Waals surface area contributed by atoms with Gasteiger partial charge in [0.25, 0.3) is 0 Å². The van der Waals surface area contributed by atoms with Gasteiger partial charge in [0, 0.05) is 13.0 Å². The van der Waals surface area contributed by atoms with Crippen LogP contribution in [0.5, 0.6) is 0 Å². The molecule has 2 heterocycles. The van der Waals surface area contributed by atoms with Gasteiger partial charge in [-0.2, -0.15) is 22.6 Å². The number of rotatable bonds is 5. The minimum Gasteiger partial charge on any atom is -0.350 e. The highest BCUT2D eigenvalue weighted by atomic mass is 32.2. The topological polar surface area (TPSA) is 84.3 Å². The maximum atomic E-state index is 12.0. The van der Waals surface area contributed by atoms with E-state index in [4.69, 9.17) is 0 Å². The Morgan fingerprint density at radius 3 is 2.70 bits per heavy atom. The van der Waals surface area contributed by atoms with Crippen LogP contribution < -0.4 is 5.32 Å². The fourth-order valence-corrected chi connectivity index (χ4v) is 2.98. The van der Waals surface area contributed by atoms with Crippen molar-refractivity contribution in [2.75, 3.05) is 12.8 Å². The molecule has 1 aromatic rings. The van der Waals surface area contributed by atoms with Gasteiger partial charge in [-0.1, -0.05) is 0 Å². The first-order valence-electron chi connectivity index (χ1n) is 6.89. The highest BCUT2D eigenvalue weighted by Gasteiger charge is 2.28. The second-order valence-corrected chi connectivity index (χ2v) is 7.32. The maximum absolute atomic E-state index is 12.0. The molecule has 1 amide bonds. The van der Waals surface area contributed by atoms with Gasteiger partial charge in [-0.25, -0.2) is 8.42 Å². The van der Waals surface area contributed by atoms with Crippen LogP contribution in [-0.2, 0) is 34.5 Å². The fraction of sp³-hybridized carbons (Fsp3) is 0.667. The Labute approximate surface area is 131 Å². The van der Waals surface area contributed by atoms with Crippen LogP contribution in [-0.4, -0.2) is 47.4 Å². The molecule has 0 aromatic carbocycles. The summed E-state index contributed by atoms with van der Waals surface area (Å²) in [5, 5.41) is 6.58. The number of amides is 1. The molecule has 0 unspecified atom stereocenters. The molecule has 0 radical (unpaired) electrons. The van der Waals surface area contributed by atoms with Gasteiger partial charge in [-0.3, -0.25) is 9.48 Å². The first-order valence-corrected chi connectivity index (χ1v) is 8.73. The number of carbonyl (C=O) groups excluding carboxylic acids is 1. The summed E-state index contributed by atoms with van der Waals surface area (Å²) in [6, 6.07) is 1.64. The molecule has 0 spiro atoms. The first-order chi connectivity index (χ1) is 10.5. The third kappa shape index (κ3) is 5.20. The molecule has 130 valence electrons. The molecular formula is C12H17F3N4O3S. The van der Waals surface area contributed by atoms with Crippen LogP contribution in [0, 0.1) is 0 Å².